The molecule has 3 rings (SSSR count). The third-order valence-corrected chi connectivity index (χ3v) is 3.55. The maximum atomic E-state index is 12.0. The standard InChI is InChI=1S/C16H17N3O3/c1-16(21,14-3-2-6-22-14)10-17-15(20)8-11-4-5-12-9-18-19-13(12)7-11/h2-7,9,21H,8,10H2,1H3,(H,17,20)(H,18,19)/t16-/m0/s1. The van der Waals surface area contributed by atoms with Crippen molar-refractivity contribution in [3.05, 3.63) is 54.1 Å². The minimum absolute atomic E-state index is 0.0889. The Hall–Kier alpha value is -2.60. The highest BCUT2D eigenvalue weighted by atomic mass is 16.4. The molecule has 114 valence electrons. The number of aromatic nitrogens is 2. The Morgan fingerprint density at radius 1 is 1.45 bits per heavy atom. The van der Waals surface area contributed by atoms with Gasteiger partial charge in [0.05, 0.1) is 30.9 Å². The van der Waals surface area contributed by atoms with Crippen LogP contribution in [0.2, 0.25) is 0 Å². The first-order valence-electron chi connectivity index (χ1n) is 7.00. The zero-order chi connectivity index (χ0) is 15.6. The molecule has 6 heteroatoms. The lowest BCUT2D eigenvalue weighted by atomic mass is 10.0. The van der Waals surface area contributed by atoms with Crippen molar-refractivity contribution in [1.82, 2.24) is 15.5 Å². The van der Waals surface area contributed by atoms with Crippen molar-refractivity contribution in [2.75, 3.05) is 6.54 Å². The van der Waals surface area contributed by atoms with Crippen LogP contribution in [0.4, 0.5) is 0 Å². The van der Waals surface area contributed by atoms with Crippen molar-refractivity contribution in [1.29, 1.82) is 0 Å². The number of amides is 1. The minimum atomic E-state index is -1.23. The number of nitrogens with one attached hydrogen (secondary N) is 2. The predicted molar refractivity (Wildman–Crippen MR) is 81.1 cm³/mol. The van der Waals surface area contributed by atoms with Crippen LogP contribution in [-0.2, 0) is 16.8 Å². The van der Waals surface area contributed by atoms with Gasteiger partial charge in [-0.2, -0.15) is 5.10 Å². The first-order valence-corrected chi connectivity index (χ1v) is 7.00. The fraction of sp³-hybridized carbons (Fsp3) is 0.250. The van der Waals surface area contributed by atoms with Crippen molar-refractivity contribution in [3.63, 3.8) is 0 Å². The van der Waals surface area contributed by atoms with Gasteiger partial charge in [0.25, 0.3) is 0 Å². The highest BCUT2D eigenvalue weighted by Gasteiger charge is 2.26. The molecule has 0 radical (unpaired) electrons. The number of rotatable bonds is 5. The molecule has 0 saturated carbocycles. The molecule has 2 heterocycles. The number of hydrogen-bond acceptors (Lipinski definition) is 4. The van der Waals surface area contributed by atoms with Gasteiger partial charge in [-0.15, -0.1) is 0 Å². The van der Waals surface area contributed by atoms with Crippen LogP contribution in [0.15, 0.2) is 47.2 Å². The molecular weight excluding hydrogens is 282 g/mol. The van der Waals surface area contributed by atoms with Gasteiger partial charge in [0.2, 0.25) is 5.91 Å². The summed E-state index contributed by atoms with van der Waals surface area (Å²) in [7, 11) is 0. The summed E-state index contributed by atoms with van der Waals surface area (Å²) in [4.78, 5) is 12.0. The first-order chi connectivity index (χ1) is 10.5. The Kier molecular flexibility index (Phi) is 3.68. The van der Waals surface area contributed by atoms with Gasteiger partial charge in [0, 0.05) is 5.39 Å². The normalized spacial score (nSPS) is 13.9. The maximum Gasteiger partial charge on any atom is 0.224 e. The van der Waals surface area contributed by atoms with Crippen LogP contribution in [0.5, 0.6) is 0 Å². The Morgan fingerprint density at radius 3 is 3.09 bits per heavy atom. The number of benzene rings is 1. The average Bonchev–Trinajstić information content (AvgIpc) is 3.16. The van der Waals surface area contributed by atoms with Crippen LogP contribution >= 0.6 is 0 Å². The number of aromatic amines is 1. The third-order valence-electron chi connectivity index (χ3n) is 3.55. The summed E-state index contributed by atoms with van der Waals surface area (Å²) in [6.07, 6.45) is 3.47. The van der Waals surface area contributed by atoms with Gasteiger partial charge in [-0.25, -0.2) is 0 Å². The lowest BCUT2D eigenvalue weighted by molar-refractivity contribution is -0.121. The predicted octanol–water partition coefficient (Wildman–Crippen LogP) is 1.72. The van der Waals surface area contributed by atoms with Gasteiger partial charge in [-0.3, -0.25) is 9.89 Å². The van der Waals surface area contributed by atoms with Crippen molar-refractivity contribution in [3.8, 4) is 0 Å². The molecule has 0 spiro atoms. The molecule has 1 atom stereocenters. The van der Waals surface area contributed by atoms with E-state index < -0.39 is 5.60 Å². The number of carbonyl (C=O) groups excluding carboxylic acids is 1. The molecule has 0 aliphatic carbocycles. The molecule has 0 aliphatic heterocycles. The second kappa shape index (κ2) is 5.65. The fourth-order valence-electron chi connectivity index (χ4n) is 2.28. The lowest BCUT2D eigenvalue weighted by Crippen LogP contribution is -2.39. The minimum Gasteiger partial charge on any atom is -0.466 e. The summed E-state index contributed by atoms with van der Waals surface area (Å²) >= 11 is 0. The molecule has 0 bridgehead atoms. The van der Waals surface area contributed by atoms with E-state index in [0.717, 1.165) is 16.5 Å². The van der Waals surface area contributed by atoms with Crippen LogP contribution < -0.4 is 5.32 Å². The zero-order valence-electron chi connectivity index (χ0n) is 12.2. The van der Waals surface area contributed by atoms with Crippen LogP contribution in [0.25, 0.3) is 10.9 Å². The molecule has 3 N–H and O–H groups in total. The highest BCUT2D eigenvalue weighted by Crippen LogP contribution is 2.20. The van der Waals surface area contributed by atoms with Gasteiger partial charge in [0.1, 0.15) is 11.4 Å². The van der Waals surface area contributed by atoms with E-state index in [0.29, 0.717) is 5.76 Å². The Labute approximate surface area is 127 Å². The SMILES string of the molecule is C[C@](O)(CNC(=O)Cc1ccc2cn[nH]c2c1)c1ccco1. The quantitative estimate of drug-likeness (QED) is 0.669. The third kappa shape index (κ3) is 3.01. The Morgan fingerprint density at radius 2 is 2.32 bits per heavy atom. The van der Waals surface area contributed by atoms with Gasteiger partial charge in [0.15, 0.2) is 0 Å². The molecule has 0 fully saturated rings. The van der Waals surface area contributed by atoms with Crippen molar-refractivity contribution in [2.45, 2.75) is 18.9 Å². The highest BCUT2D eigenvalue weighted by molar-refractivity contribution is 5.82. The van der Waals surface area contributed by atoms with E-state index in [1.807, 2.05) is 18.2 Å². The largest absolute Gasteiger partial charge is 0.466 e. The van der Waals surface area contributed by atoms with Crippen molar-refractivity contribution < 1.29 is 14.3 Å². The van der Waals surface area contributed by atoms with Crippen LogP contribution in [0.3, 0.4) is 0 Å². The van der Waals surface area contributed by atoms with E-state index in [-0.39, 0.29) is 18.9 Å². The number of fused-ring (bicyclic) bond motifs is 1. The Balaban J connectivity index is 1.60. The van der Waals surface area contributed by atoms with Gasteiger partial charge >= 0.3 is 0 Å². The molecule has 3 aromatic rings. The molecule has 6 nitrogen and oxygen atoms in total. The van der Waals surface area contributed by atoms with Crippen LogP contribution in [-0.4, -0.2) is 27.8 Å². The van der Waals surface area contributed by atoms with Gasteiger partial charge < -0.3 is 14.8 Å². The second-order valence-corrected chi connectivity index (χ2v) is 5.50. The number of carbonyl (C=O) groups is 1. The van der Waals surface area contributed by atoms with Crippen molar-refractivity contribution in [2.24, 2.45) is 0 Å². The molecule has 1 amide bonds. The summed E-state index contributed by atoms with van der Waals surface area (Å²) in [5, 5.41) is 20.8. The van der Waals surface area contributed by atoms with Crippen molar-refractivity contribution >= 4 is 16.8 Å². The number of nitrogens with zero attached hydrogens (tertiary/aromatic N) is 1. The van der Waals surface area contributed by atoms with E-state index in [1.54, 1.807) is 25.3 Å². The van der Waals surface area contributed by atoms with E-state index in [2.05, 4.69) is 15.5 Å². The van der Waals surface area contributed by atoms with Crippen LogP contribution in [0.1, 0.15) is 18.2 Å². The number of hydrogen-bond donors (Lipinski definition) is 3. The number of H-pyrrole nitrogens is 1. The molecular formula is C16H17N3O3. The van der Waals surface area contributed by atoms with Gasteiger partial charge in [-0.05, 0) is 30.7 Å². The van der Waals surface area contributed by atoms with E-state index in [4.69, 9.17) is 4.42 Å². The van der Waals surface area contributed by atoms with Crippen LogP contribution in [0, 0.1) is 0 Å². The summed E-state index contributed by atoms with van der Waals surface area (Å²) in [6, 6.07) is 9.08. The smallest absolute Gasteiger partial charge is 0.224 e. The van der Waals surface area contributed by atoms with E-state index >= 15 is 0 Å². The second-order valence-electron chi connectivity index (χ2n) is 5.50. The zero-order valence-corrected chi connectivity index (χ0v) is 12.2. The lowest BCUT2D eigenvalue weighted by Gasteiger charge is -2.21. The first kappa shape index (κ1) is 14.3. The Bertz CT molecular complexity index is 775. The van der Waals surface area contributed by atoms with E-state index in [9.17, 15) is 9.90 Å². The molecule has 1 aromatic carbocycles. The summed E-state index contributed by atoms with van der Waals surface area (Å²) < 4.78 is 5.18. The van der Waals surface area contributed by atoms with E-state index in [1.165, 1.54) is 6.26 Å². The fourth-order valence-corrected chi connectivity index (χ4v) is 2.28. The number of furan rings is 1. The summed E-state index contributed by atoms with van der Waals surface area (Å²) in [6.45, 7) is 1.69. The monoisotopic (exact) mass is 299 g/mol. The molecule has 0 saturated heterocycles. The topological polar surface area (TPSA) is 91.1 Å². The molecule has 2 aromatic heterocycles. The molecule has 0 unspecified atom stereocenters. The average molecular weight is 299 g/mol. The molecule has 22 heavy (non-hydrogen) atoms. The van der Waals surface area contributed by atoms with Gasteiger partial charge in [-0.1, -0.05) is 12.1 Å². The maximum absolute atomic E-state index is 12.0. The summed E-state index contributed by atoms with van der Waals surface area (Å²) in [5.74, 6) is 0.261. The summed E-state index contributed by atoms with van der Waals surface area (Å²) in [5.41, 5.74) is 0.548. The molecule has 0 aliphatic rings. The number of aliphatic hydroxyl groups is 1.